The molecule has 0 aliphatic carbocycles. The Morgan fingerprint density at radius 1 is 0.514 bits per heavy atom. The van der Waals surface area contributed by atoms with Gasteiger partial charge < -0.3 is 4.74 Å². The molecule has 0 rings (SSSR count). The van der Waals surface area contributed by atoms with E-state index in [1.165, 1.54) is 116 Å². The molecule has 0 amide bonds. The number of esters is 1. The number of ether oxygens (including phenoxy) is 1. The van der Waals surface area contributed by atoms with Crippen LogP contribution in [-0.2, 0) is 9.53 Å². The molecule has 0 aromatic rings. The highest BCUT2D eigenvalue weighted by atomic mass is 19.1. The highest BCUT2D eigenvalue weighted by Crippen LogP contribution is 2.21. The molecule has 2 atom stereocenters. The van der Waals surface area contributed by atoms with E-state index in [1.807, 2.05) is 0 Å². The van der Waals surface area contributed by atoms with Gasteiger partial charge >= 0.3 is 5.97 Å². The van der Waals surface area contributed by atoms with Gasteiger partial charge in [-0.25, -0.2) is 9.18 Å². The predicted molar refractivity (Wildman–Crippen MR) is 161 cm³/mol. The molecule has 0 spiro atoms. The molecule has 2 unspecified atom stereocenters. The van der Waals surface area contributed by atoms with E-state index in [1.54, 1.807) is 0 Å². The van der Waals surface area contributed by atoms with E-state index in [0.29, 0.717) is 6.42 Å². The second kappa shape index (κ2) is 28.4. The highest BCUT2D eigenvalue weighted by Gasteiger charge is 2.22. The first-order valence-electron chi connectivity index (χ1n) is 16.9. The minimum atomic E-state index is -1.45. The Labute approximate surface area is 232 Å². The smallest absolute Gasteiger partial charge is 0.340 e. The van der Waals surface area contributed by atoms with Gasteiger partial charge in [-0.2, -0.15) is 0 Å². The molecule has 0 fully saturated rings. The van der Waals surface area contributed by atoms with Crippen LogP contribution < -0.4 is 0 Å². The maximum absolute atomic E-state index is 14.6. The molecule has 0 aromatic carbocycles. The summed E-state index contributed by atoms with van der Waals surface area (Å²) in [6, 6.07) is 0. The zero-order chi connectivity index (χ0) is 27.4. The second-order valence-corrected chi connectivity index (χ2v) is 11.9. The van der Waals surface area contributed by atoms with Gasteiger partial charge in [-0.3, -0.25) is 0 Å². The summed E-state index contributed by atoms with van der Waals surface area (Å²) in [5, 5.41) is 0. The Morgan fingerprint density at radius 2 is 0.838 bits per heavy atom. The standard InChI is InChI=1S/C34H67FO2/c1-5-8-11-14-15-18-21-26-31(4)27-22-19-20-25-30-33(35)34(36)37-32(28-23-16-12-9-6-2)29-24-17-13-10-7-3/h31-33H,5-30H2,1-4H3. The van der Waals surface area contributed by atoms with Gasteiger partial charge in [0.25, 0.3) is 0 Å². The predicted octanol–water partition coefficient (Wildman–Crippen LogP) is 12.1. The van der Waals surface area contributed by atoms with Crippen molar-refractivity contribution in [1.29, 1.82) is 0 Å². The van der Waals surface area contributed by atoms with Crippen molar-refractivity contribution in [2.24, 2.45) is 5.92 Å². The van der Waals surface area contributed by atoms with Crippen molar-refractivity contribution in [1.82, 2.24) is 0 Å². The molecule has 0 heterocycles. The summed E-state index contributed by atoms with van der Waals surface area (Å²) in [5.74, 6) is 0.204. The molecule has 0 aromatic heterocycles. The summed E-state index contributed by atoms with van der Waals surface area (Å²) in [5.41, 5.74) is 0. The zero-order valence-corrected chi connectivity index (χ0v) is 25.8. The van der Waals surface area contributed by atoms with E-state index in [-0.39, 0.29) is 6.10 Å². The van der Waals surface area contributed by atoms with Crippen LogP contribution >= 0.6 is 0 Å². The number of alkyl halides is 1. The van der Waals surface area contributed by atoms with Crippen molar-refractivity contribution in [2.75, 3.05) is 0 Å². The van der Waals surface area contributed by atoms with Gasteiger partial charge in [0.2, 0.25) is 0 Å². The van der Waals surface area contributed by atoms with Crippen molar-refractivity contribution < 1.29 is 13.9 Å². The molecule has 0 aliphatic rings. The minimum absolute atomic E-state index is 0.0909. The number of hydrogen-bond acceptors (Lipinski definition) is 2. The summed E-state index contributed by atoms with van der Waals surface area (Å²) < 4.78 is 20.3. The van der Waals surface area contributed by atoms with Crippen LogP contribution in [0.5, 0.6) is 0 Å². The van der Waals surface area contributed by atoms with E-state index in [4.69, 9.17) is 4.74 Å². The quantitative estimate of drug-likeness (QED) is 0.0715. The van der Waals surface area contributed by atoms with E-state index in [9.17, 15) is 9.18 Å². The van der Waals surface area contributed by atoms with Crippen LogP contribution in [0.3, 0.4) is 0 Å². The van der Waals surface area contributed by atoms with Crippen molar-refractivity contribution >= 4 is 5.97 Å². The van der Waals surface area contributed by atoms with Crippen molar-refractivity contribution in [2.45, 2.75) is 207 Å². The number of carbonyl (C=O) groups is 1. The van der Waals surface area contributed by atoms with Crippen molar-refractivity contribution in [3.05, 3.63) is 0 Å². The first-order valence-corrected chi connectivity index (χ1v) is 16.9. The number of halogens is 1. The minimum Gasteiger partial charge on any atom is -0.460 e. The first-order chi connectivity index (χ1) is 18.0. The molecule has 0 bridgehead atoms. The SMILES string of the molecule is CCCCCCCCCC(C)CCCCCCC(F)C(=O)OC(CCCCCCC)CCCCCCC. The monoisotopic (exact) mass is 527 g/mol. The van der Waals surface area contributed by atoms with Gasteiger partial charge in [-0.15, -0.1) is 0 Å². The van der Waals surface area contributed by atoms with Gasteiger partial charge in [0, 0.05) is 0 Å². The van der Waals surface area contributed by atoms with E-state index in [0.717, 1.165) is 50.9 Å². The maximum Gasteiger partial charge on any atom is 0.340 e. The Morgan fingerprint density at radius 3 is 1.24 bits per heavy atom. The molecule has 0 aliphatic heterocycles. The topological polar surface area (TPSA) is 26.3 Å². The molecular formula is C34H67FO2. The Hall–Kier alpha value is -0.600. The largest absolute Gasteiger partial charge is 0.460 e. The number of hydrogen-bond donors (Lipinski definition) is 0. The summed E-state index contributed by atoms with van der Waals surface area (Å²) >= 11 is 0. The lowest BCUT2D eigenvalue weighted by Gasteiger charge is -2.19. The van der Waals surface area contributed by atoms with Crippen LogP contribution in [0, 0.1) is 5.92 Å². The molecule has 0 saturated carbocycles. The van der Waals surface area contributed by atoms with Crippen molar-refractivity contribution in [3.8, 4) is 0 Å². The average Bonchev–Trinajstić information content (AvgIpc) is 2.89. The molecule has 0 radical (unpaired) electrons. The molecule has 0 saturated heterocycles. The summed E-state index contributed by atoms with van der Waals surface area (Å²) in [7, 11) is 0. The van der Waals surface area contributed by atoms with Crippen LogP contribution in [0.15, 0.2) is 0 Å². The van der Waals surface area contributed by atoms with Crippen LogP contribution in [0.25, 0.3) is 0 Å². The van der Waals surface area contributed by atoms with E-state index < -0.39 is 12.1 Å². The fraction of sp³-hybridized carbons (Fsp3) is 0.971. The Bertz CT molecular complexity index is 453. The Kier molecular flexibility index (Phi) is 27.9. The van der Waals surface area contributed by atoms with Crippen LogP contribution in [0.2, 0.25) is 0 Å². The molecule has 37 heavy (non-hydrogen) atoms. The third-order valence-corrected chi connectivity index (χ3v) is 8.00. The summed E-state index contributed by atoms with van der Waals surface area (Å²) in [6.45, 7) is 9.10. The Balaban J connectivity index is 3.97. The number of carbonyl (C=O) groups excluding carboxylic acids is 1. The molecule has 222 valence electrons. The lowest BCUT2D eigenvalue weighted by Crippen LogP contribution is -2.25. The number of rotatable bonds is 29. The molecule has 2 nitrogen and oxygen atoms in total. The maximum atomic E-state index is 14.6. The normalized spacial score (nSPS) is 13.2. The lowest BCUT2D eigenvalue weighted by molar-refractivity contribution is -0.156. The summed E-state index contributed by atoms with van der Waals surface area (Å²) in [6.07, 6.45) is 29.2. The van der Waals surface area contributed by atoms with E-state index in [2.05, 4.69) is 27.7 Å². The fourth-order valence-electron chi connectivity index (χ4n) is 5.33. The molecular weight excluding hydrogens is 459 g/mol. The molecule has 0 N–H and O–H groups in total. The fourth-order valence-corrected chi connectivity index (χ4v) is 5.33. The van der Waals surface area contributed by atoms with Gasteiger partial charge in [0.1, 0.15) is 6.10 Å². The second-order valence-electron chi connectivity index (χ2n) is 11.9. The van der Waals surface area contributed by atoms with Crippen molar-refractivity contribution in [3.63, 3.8) is 0 Å². The van der Waals surface area contributed by atoms with Crippen LogP contribution in [-0.4, -0.2) is 18.2 Å². The third-order valence-electron chi connectivity index (χ3n) is 8.00. The highest BCUT2D eigenvalue weighted by molar-refractivity contribution is 5.74. The average molecular weight is 527 g/mol. The first kappa shape index (κ1) is 36.4. The van der Waals surface area contributed by atoms with Gasteiger partial charge in [0.15, 0.2) is 6.17 Å². The van der Waals surface area contributed by atoms with Gasteiger partial charge in [0.05, 0.1) is 0 Å². The van der Waals surface area contributed by atoms with Gasteiger partial charge in [-0.05, 0) is 44.4 Å². The number of unbranched alkanes of at least 4 members (excludes halogenated alkanes) is 17. The van der Waals surface area contributed by atoms with E-state index >= 15 is 0 Å². The molecule has 3 heteroatoms. The summed E-state index contributed by atoms with van der Waals surface area (Å²) in [4.78, 5) is 12.4. The lowest BCUT2D eigenvalue weighted by atomic mass is 9.96. The van der Waals surface area contributed by atoms with Crippen LogP contribution in [0.4, 0.5) is 4.39 Å². The zero-order valence-electron chi connectivity index (χ0n) is 25.8. The van der Waals surface area contributed by atoms with Gasteiger partial charge in [-0.1, -0.05) is 156 Å². The third kappa shape index (κ3) is 25.4. The van der Waals surface area contributed by atoms with Crippen LogP contribution in [0.1, 0.15) is 195 Å².